The molecule has 0 bridgehead atoms. The molecule has 0 atom stereocenters. The standard InChI is InChI=1S/C12H7N5O/c13-6-8-5-9(15)1-2-11(8)18-12-16-4-3-10(7-14)17-12/h1-5H,15H2. The van der Waals surface area contributed by atoms with Crippen LogP contribution in [0.3, 0.4) is 0 Å². The van der Waals surface area contributed by atoms with Crippen LogP contribution >= 0.6 is 0 Å². The summed E-state index contributed by atoms with van der Waals surface area (Å²) in [5.41, 5.74) is 6.49. The molecule has 1 aromatic carbocycles. The summed E-state index contributed by atoms with van der Waals surface area (Å²) in [4.78, 5) is 7.70. The SMILES string of the molecule is N#Cc1ccnc(Oc2ccc(N)cc2C#N)n1. The Morgan fingerprint density at radius 3 is 2.72 bits per heavy atom. The highest BCUT2D eigenvalue weighted by molar-refractivity contribution is 5.53. The van der Waals surface area contributed by atoms with Crippen molar-refractivity contribution in [3.05, 3.63) is 41.7 Å². The number of nitrogens with two attached hydrogens (primary N) is 1. The third kappa shape index (κ3) is 2.34. The second-order valence-corrected chi connectivity index (χ2v) is 3.31. The zero-order chi connectivity index (χ0) is 13.0. The molecule has 86 valence electrons. The van der Waals surface area contributed by atoms with Gasteiger partial charge in [-0.05, 0) is 24.3 Å². The predicted molar refractivity (Wildman–Crippen MR) is 62.4 cm³/mol. The maximum atomic E-state index is 8.94. The molecule has 0 radical (unpaired) electrons. The van der Waals surface area contributed by atoms with Gasteiger partial charge in [0.05, 0.1) is 5.56 Å². The number of nitrogen functional groups attached to an aromatic ring is 1. The van der Waals surface area contributed by atoms with E-state index in [0.717, 1.165) is 0 Å². The third-order valence-corrected chi connectivity index (χ3v) is 2.07. The molecule has 6 heteroatoms. The van der Waals surface area contributed by atoms with Crippen LogP contribution in [0.5, 0.6) is 11.8 Å². The summed E-state index contributed by atoms with van der Waals surface area (Å²) in [6, 6.07) is 9.95. The number of anilines is 1. The smallest absolute Gasteiger partial charge is 0.323 e. The Hall–Kier alpha value is -3.12. The number of nitrogens with zero attached hydrogens (tertiary/aromatic N) is 4. The Morgan fingerprint density at radius 2 is 2.00 bits per heavy atom. The van der Waals surface area contributed by atoms with Crippen LogP contribution in [0.25, 0.3) is 0 Å². The summed E-state index contributed by atoms with van der Waals surface area (Å²) in [6.45, 7) is 0. The van der Waals surface area contributed by atoms with E-state index in [1.54, 1.807) is 12.1 Å². The van der Waals surface area contributed by atoms with Gasteiger partial charge in [-0.25, -0.2) is 4.98 Å². The number of benzene rings is 1. The van der Waals surface area contributed by atoms with E-state index in [2.05, 4.69) is 9.97 Å². The number of aromatic nitrogens is 2. The predicted octanol–water partition coefficient (Wildman–Crippen LogP) is 1.59. The molecule has 2 rings (SSSR count). The molecule has 0 spiro atoms. The van der Waals surface area contributed by atoms with Gasteiger partial charge in [-0.2, -0.15) is 15.5 Å². The zero-order valence-electron chi connectivity index (χ0n) is 9.16. The van der Waals surface area contributed by atoms with Crippen molar-refractivity contribution >= 4 is 5.69 Å². The van der Waals surface area contributed by atoms with Gasteiger partial charge in [0.1, 0.15) is 23.6 Å². The van der Waals surface area contributed by atoms with E-state index >= 15 is 0 Å². The van der Waals surface area contributed by atoms with E-state index in [-0.39, 0.29) is 17.3 Å². The Labute approximate surface area is 103 Å². The molecular formula is C12H7N5O. The first kappa shape index (κ1) is 11.4. The lowest BCUT2D eigenvalue weighted by Gasteiger charge is -2.05. The van der Waals surface area contributed by atoms with Gasteiger partial charge in [0.25, 0.3) is 0 Å². The van der Waals surface area contributed by atoms with Gasteiger partial charge in [-0.1, -0.05) is 0 Å². The first-order valence-electron chi connectivity index (χ1n) is 4.93. The highest BCUT2D eigenvalue weighted by Crippen LogP contribution is 2.24. The first-order valence-corrected chi connectivity index (χ1v) is 4.93. The molecule has 1 aromatic heterocycles. The molecule has 0 aliphatic heterocycles. The van der Waals surface area contributed by atoms with Crippen LogP contribution < -0.4 is 10.5 Å². The molecular weight excluding hydrogens is 230 g/mol. The second-order valence-electron chi connectivity index (χ2n) is 3.31. The van der Waals surface area contributed by atoms with E-state index in [0.29, 0.717) is 11.4 Å². The second kappa shape index (κ2) is 4.81. The normalized spacial score (nSPS) is 9.22. The molecule has 0 saturated heterocycles. The highest BCUT2D eigenvalue weighted by atomic mass is 16.5. The van der Waals surface area contributed by atoms with Gasteiger partial charge in [0, 0.05) is 11.9 Å². The lowest BCUT2D eigenvalue weighted by Crippen LogP contribution is -1.96. The van der Waals surface area contributed by atoms with Crippen molar-refractivity contribution in [3.63, 3.8) is 0 Å². The van der Waals surface area contributed by atoms with Crippen LogP contribution in [-0.4, -0.2) is 9.97 Å². The van der Waals surface area contributed by atoms with Gasteiger partial charge in [-0.15, -0.1) is 0 Å². The molecule has 18 heavy (non-hydrogen) atoms. The maximum Gasteiger partial charge on any atom is 0.323 e. The van der Waals surface area contributed by atoms with Crippen molar-refractivity contribution in [1.29, 1.82) is 10.5 Å². The minimum atomic E-state index is 0.00956. The van der Waals surface area contributed by atoms with Crippen LogP contribution in [0.4, 0.5) is 5.69 Å². The van der Waals surface area contributed by atoms with Crippen LogP contribution in [0.1, 0.15) is 11.3 Å². The number of nitriles is 2. The lowest BCUT2D eigenvalue weighted by molar-refractivity contribution is 0.440. The first-order chi connectivity index (χ1) is 8.72. The van der Waals surface area contributed by atoms with Crippen LogP contribution in [-0.2, 0) is 0 Å². The van der Waals surface area contributed by atoms with E-state index in [9.17, 15) is 0 Å². The fourth-order valence-electron chi connectivity index (χ4n) is 1.27. The van der Waals surface area contributed by atoms with E-state index in [1.807, 2.05) is 12.1 Å². The van der Waals surface area contributed by atoms with Crippen LogP contribution in [0.15, 0.2) is 30.5 Å². The van der Waals surface area contributed by atoms with Gasteiger partial charge >= 0.3 is 6.01 Å². The van der Waals surface area contributed by atoms with Crippen LogP contribution in [0, 0.1) is 22.7 Å². The number of ether oxygens (including phenoxy) is 1. The number of rotatable bonds is 2. The molecule has 0 aliphatic carbocycles. The van der Waals surface area contributed by atoms with Crippen molar-refractivity contribution in [2.75, 3.05) is 5.73 Å². The molecule has 2 aromatic rings. The number of hydrogen-bond acceptors (Lipinski definition) is 6. The average molecular weight is 237 g/mol. The molecule has 1 heterocycles. The summed E-state index contributed by atoms with van der Waals surface area (Å²) in [6.07, 6.45) is 1.41. The number of hydrogen-bond donors (Lipinski definition) is 1. The third-order valence-electron chi connectivity index (χ3n) is 2.07. The monoisotopic (exact) mass is 237 g/mol. The molecule has 6 nitrogen and oxygen atoms in total. The molecule has 0 saturated carbocycles. The summed E-state index contributed by atoms with van der Waals surface area (Å²) >= 11 is 0. The van der Waals surface area contributed by atoms with Crippen molar-refractivity contribution in [3.8, 4) is 23.9 Å². The summed E-state index contributed by atoms with van der Waals surface area (Å²) in [5.74, 6) is 0.293. The van der Waals surface area contributed by atoms with E-state index < -0.39 is 0 Å². The fraction of sp³-hybridized carbons (Fsp3) is 0. The maximum absolute atomic E-state index is 8.94. The molecule has 0 fully saturated rings. The largest absolute Gasteiger partial charge is 0.423 e. The molecule has 0 aliphatic rings. The highest BCUT2D eigenvalue weighted by Gasteiger charge is 2.07. The van der Waals surface area contributed by atoms with E-state index in [4.69, 9.17) is 21.0 Å². The molecule has 0 amide bonds. The minimum Gasteiger partial charge on any atom is -0.423 e. The Balaban J connectivity index is 2.35. The van der Waals surface area contributed by atoms with Gasteiger partial charge in [0.15, 0.2) is 0 Å². The summed E-state index contributed by atoms with van der Waals surface area (Å²) < 4.78 is 5.35. The van der Waals surface area contributed by atoms with Crippen molar-refractivity contribution in [2.45, 2.75) is 0 Å². The minimum absolute atomic E-state index is 0.00956. The van der Waals surface area contributed by atoms with Gasteiger partial charge < -0.3 is 10.5 Å². The quantitative estimate of drug-likeness (QED) is 0.794. The van der Waals surface area contributed by atoms with E-state index in [1.165, 1.54) is 18.3 Å². The van der Waals surface area contributed by atoms with Gasteiger partial charge in [-0.3, -0.25) is 0 Å². The van der Waals surface area contributed by atoms with Gasteiger partial charge in [0.2, 0.25) is 0 Å². The Morgan fingerprint density at radius 1 is 1.17 bits per heavy atom. The van der Waals surface area contributed by atoms with Crippen molar-refractivity contribution < 1.29 is 4.74 Å². The molecule has 2 N–H and O–H groups in total. The topological polar surface area (TPSA) is 109 Å². The Kier molecular flexibility index (Phi) is 3.04. The Bertz CT molecular complexity index is 669. The summed E-state index contributed by atoms with van der Waals surface area (Å²) in [5, 5.41) is 17.6. The lowest BCUT2D eigenvalue weighted by atomic mass is 10.2. The average Bonchev–Trinajstić information content (AvgIpc) is 2.41. The fourth-order valence-corrected chi connectivity index (χ4v) is 1.27. The van der Waals surface area contributed by atoms with Crippen molar-refractivity contribution in [1.82, 2.24) is 9.97 Å². The summed E-state index contributed by atoms with van der Waals surface area (Å²) in [7, 11) is 0. The zero-order valence-corrected chi connectivity index (χ0v) is 9.16. The van der Waals surface area contributed by atoms with Crippen molar-refractivity contribution in [2.24, 2.45) is 0 Å². The van der Waals surface area contributed by atoms with Crippen LogP contribution in [0.2, 0.25) is 0 Å². The molecule has 0 unspecified atom stereocenters.